The Morgan fingerprint density at radius 2 is 2.11 bits per heavy atom. The minimum absolute atomic E-state index is 0.316. The summed E-state index contributed by atoms with van der Waals surface area (Å²) < 4.78 is 13.7. The Kier molecular flexibility index (Phi) is 4.04. The molecule has 0 radical (unpaired) electrons. The van der Waals surface area contributed by atoms with Crippen LogP contribution in [0.1, 0.15) is 12.2 Å². The molecule has 0 aliphatic heterocycles. The molecule has 0 unspecified atom stereocenters. The van der Waals surface area contributed by atoms with Gasteiger partial charge in [0.15, 0.2) is 0 Å². The zero-order chi connectivity index (χ0) is 13.7. The Morgan fingerprint density at radius 3 is 2.84 bits per heavy atom. The maximum absolute atomic E-state index is 13.7. The Hall–Kier alpha value is -2.48. The number of nitrogens with one attached hydrogen (secondary N) is 1. The molecule has 96 valence electrons. The molecule has 0 aliphatic carbocycles. The van der Waals surface area contributed by atoms with Crippen LogP contribution in [0.5, 0.6) is 0 Å². The zero-order valence-electron chi connectivity index (χ0n) is 10.5. The monoisotopic (exact) mass is 256 g/mol. The molecule has 0 bridgehead atoms. The van der Waals surface area contributed by atoms with Gasteiger partial charge in [0.2, 0.25) is 0 Å². The summed E-state index contributed by atoms with van der Waals surface area (Å²) in [7, 11) is 0. The summed E-state index contributed by atoms with van der Waals surface area (Å²) in [5.41, 5.74) is 0.974. The van der Waals surface area contributed by atoms with E-state index < -0.39 is 0 Å². The summed E-state index contributed by atoms with van der Waals surface area (Å²) >= 11 is 0. The normalized spacial score (nSPS) is 9.95. The molecule has 0 aliphatic rings. The van der Waals surface area contributed by atoms with E-state index in [0.717, 1.165) is 0 Å². The maximum Gasteiger partial charge on any atom is 0.132 e. The molecule has 0 atom stereocenters. The summed E-state index contributed by atoms with van der Waals surface area (Å²) in [4.78, 5) is 8.44. The Bertz CT molecular complexity index is 619. The van der Waals surface area contributed by atoms with Crippen molar-refractivity contribution >= 4 is 5.82 Å². The van der Waals surface area contributed by atoms with Gasteiger partial charge in [-0.2, -0.15) is 5.26 Å². The second-order valence-corrected chi connectivity index (χ2v) is 4.00. The number of aryl methyl sites for hydroxylation is 1. The predicted molar refractivity (Wildman–Crippen MR) is 70.9 cm³/mol. The third-order valence-electron chi connectivity index (χ3n) is 2.53. The van der Waals surface area contributed by atoms with Gasteiger partial charge < -0.3 is 5.32 Å². The van der Waals surface area contributed by atoms with E-state index in [2.05, 4.69) is 15.3 Å². The highest BCUT2D eigenvalue weighted by Gasteiger charge is 2.08. The van der Waals surface area contributed by atoms with E-state index in [4.69, 9.17) is 5.26 Å². The van der Waals surface area contributed by atoms with Crippen LogP contribution >= 0.6 is 0 Å². The molecular weight excluding hydrogens is 243 g/mol. The first-order valence-corrected chi connectivity index (χ1v) is 5.92. The third-order valence-corrected chi connectivity index (χ3v) is 2.53. The number of rotatable bonds is 4. The van der Waals surface area contributed by atoms with Crippen LogP contribution in [0.4, 0.5) is 10.2 Å². The predicted octanol–water partition coefficient (Wildman–Crippen LogP) is 2.92. The molecule has 1 heterocycles. The van der Waals surface area contributed by atoms with Gasteiger partial charge in [0.1, 0.15) is 17.5 Å². The van der Waals surface area contributed by atoms with Crippen molar-refractivity contribution in [3.8, 4) is 17.3 Å². The minimum atomic E-state index is -0.316. The molecule has 1 aromatic heterocycles. The van der Waals surface area contributed by atoms with Crippen LogP contribution in [0, 0.1) is 24.1 Å². The zero-order valence-corrected chi connectivity index (χ0v) is 10.5. The Morgan fingerprint density at radius 1 is 1.32 bits per heavy atom. The van der Waals surface area contributed by atoms with Crippen molar-refractivity contribution in [2.45, 2.75) is 13.3 Å². The van der Waals surface area contributed by atoms with E-state index in [0.29, 0.717) is 35.9 Å². The van der Waals surface area contributed by atoms with E-state index in [9.17, 15) is 4.39 Å². The SMILES string of the molecule is Cc1nc(NCCC#N)cc(-c2ccccc2F)n1. The molecule has 4 nitrogen and oxygen atoms in total. The number of aromatic nitrogens is 2. The summed E-state index contributed by atoms with van der Waals surface area (Å²) in [5.74, 6) is 0.838. The molecule has 0 fully saturated rings. The molecular formula is C14H13FN4. The van der Waals surface area contributed by atoms with Gasteiger partial charge in [-0.3, -0.25) is 0 Å². The third kappa shape index (κ3) is 3.26. The largest absolute Gasteiger partial charge is 0.369 e. The molecule has 0 spiro atoms. The number of anilines is 1. The van der Waals surface area contributed by atoms with Crippen LogP contribution in [0.15, 0.2) is 30.3 Å². The van der Waals surface area contributed by atoms with Gasteiger partial charge in [-0.1, -0.05) is 12.1 Å². The van der Waals surface area contributed by atoms with Crippen LogP contribution in [0.25, 0.3) is 11.3 Å². The van der Waals surface area contributed by atoms with Crippen molar-refractivity contribution in [2.75, 3.05) is 11.9 Å². The van der Waals surface area contributed by atoms with Crippen LogP contribution in [-0.2, 0) is 0 Å². The van der Waals surface area contributed by atoms with Crippen molar-refractivity contribution in [2.24, 2.45) is 0 Å². The molecule has 19 heavy (non-hydrogen) atoms. The fourth-order valence-electron chi connectivity index (χ4n) is 1.71. The van der Waals surface area contributed by atoms with Crippen LogP contribution in [0.3, 0.4) is 0 Å². The van der Waals surface area contributed by atoms with Gasteiger partial charge >= 0.3 is 0 Å². The summed E-state index contributed by atoms with van der Waals surface area (Å²) in [5, 5.41) is 11.5. The average Bonchev–Trinajstić information content (AvgIpc) is 2.39. The van der Waals surface area contributed by atoms with E-state index in [1.54, 1.807) is 31.2 Å². The first-order chi connectivity index (χ1) is 9.20. The number of nitrogens with zero attached hydrogens (tertiary/aromatic N) is 3. The fourth-order valence-corrected chi connectivity index (χ4v) is 1.71. The smallest absolute Gasteiger partial charge is 0.132 e. The van der Waals surface area contributed by atoms with Crippen molar-refractivity contribution in [3.63, 3.8) is 0 Å². The highest BCUT2D eigenvalue weighted by molar-refractivity contribution is 5.63. The van der Waals surface area contributed by atoms with Crippen molar-refractivity contribution in [1.29, 1.82) is 5.26 Å². The number of hydrogen-bond acceptors (Lipinski definition) is 4. The lowest BCUT2D eigenvalue weighted by molar-refractivity contribution is 0.630. The second-order valence-electron chi connectivity index (χ2n) is 4.00. The molecule has 1 aromatic carbocycles. The van der Waals surface area contributed by atoms with Gasteiger partial charge in [0.05, 0.1) is 18.2 Å². The highest BCUT2D eigenvalue weighted by atomic mass is 19.1. The summed E-state index contributed by atoms with van der Waals surface area (Å²) in [6.07, 6.45) is 0.387. The van der Waals surface area contributed by atoms with Crippen LogP contribution in [-0.4, -0.2) is 16.5 Å². The van der Waals surface area contributed by atoms with Crippen LogP contribution < -0.4 is 5.32 Å². The molecule has 2 aromatic rings. The lowest BCUT2D eigenvalue weighted by atomic mass is 10.1. The topological polar surface area (TPSA) is 61.6 Å². The quantitative estimate of drug-likeness (QED) is 0.854. The molecule has 5 heteroatoms. The number of hydrogen-bond donors (Lipinski definition) is 1. The van der Waals surface area contributed by atoms with E-state index in [-0.39, 0.29) is 5.82 Å². The van der Waals surface area contributed by atoms with Crippen LogP contribution in [0.2, 0.25) is 0 Å². The van der Waals surface area contributed by atoms with E-state index in [1.165, 1.54) is 6.07 Å². The van der Waals surface area contributed by atoms with E-state index in [1.807, 2.05) is 6.07 Å². The molecule has 0 saturated heterocycles. The molecule has 1 N–H and O–H groups in total. The molecule has 0 amide bonds. The first-order valence-electron chi connectivity index (χ1n) is 5.92. The molecule has 2 rings (SSSR count). The Labute approximate surface area is 110 Å². The summed E-state index contributed by atoms with van der Waals surface area (Å²) in [6.45, 7) is 2.25. The number of nitriles is 1. The van der Waals surface area contributed by atoms with Crippen molar-refractivity contribution in [3.05, 3.63) is 42.0 Å². The van der Waals surface area contributed by atoms with Crippen molar-refractivity contribution in [1.82, 2.24) is 9.97 Å². The summed E-state index contributed by atoms with van der Waals surface area (Å²) in [6, 6.07) is 10.2. The van der Waals surface area contributed by atoms with Gasteiger partial charge in [-0.25, -0.2) is 14.4 Å². The number of benzene rings is 1. The Balaban J connectivity index is 2.32. The number of halogens is 1. The molecule has 0 saturated carbocycles. The maximum atomic E-state index is 13.7. The highest BCUT2D eigenvalue weighted by Crippen LogP contribution is 2.22. The van der Waals surface area contributed by atoms with E-state index >= 15 is 0 Å². The fraction of sp³-hybridized carbons (Fsp3) is 0.214. The lowest BCUT2D eigenvalue weighted by Gasteiger charge is -2.08. The average molecular weight is 256 g/mol. The van der Waals surface area contributed by atoms with Gasteiger partial charge in [0, 0.05) is 18.2 Å². The van der Waals surface area contributed by atoms with Gasteiger partial charge in [-0.05, 0) is 19.1 Å². The van der Waals surface area contributed by atoms with Gasteiger partial charge in [-0.15, -0.1) is 0 Å². The second kappa shape index (κ2) is 5.91. The first kappa shape index (κ1) is 13.0. The van der Waals surface area contributed by atoms with Crippen molar-refractivity contribution < 1.29 is 4.39 Å². The standard InChI is InChI=1S/C14H13FN4/c1-10-18-13(11-5-2-3-6-12(11)15)9-14(19-10)17-8-4-7-16/h2-3,5-6,9H,4,8H2,1H3,(H,17,18,19). The lowest BCUT2D eigenvalue weighted by Crippen LogP contribution is -2.05. The minimum Gasteiger partial charge on any atom is -0.369 e. The van der Waals surface area contributed by atoms with Gasteiger partial charge in [0.25, 0.3) is 0 Å².